The van der Waals surface area contributed by atoms with Crippen LogP contribution in [0.25, 0.3) is 0 Å². The highest BCUT2D eigenvalue weighted by atomic mass is 16.5. The van der Waals surface area contributed by atoms with Crippen molar-refractivity contribution in [2.75, 3.05) is 26.3 Å². The van der Waals surface area contributed by atoms with E-state index in [9.17, 15) is 0 Å². The number of nitrogens with zero attached hydrogens (tertiary/aromatic N) is 1. The van der Waals surface area contributed by atoms with E-state index >= 15 is 0 Å². The second kappa shape index (κ2) is 5.43. The van der Waals surface area contributed by atoms with Gasteiger partial charge in [0.15, 0.2) is 0 Å². The Kier molecular flexibility index (Phi) is 3.93. The topological polar surface area (TPSA) is 24.5 Å². The van der Waals surface area contributed by atoms with Gasteiger partial charge in [-0.2, -0.15) is 0 Å². The van der Waals surface area contributed by atoms with Gasteiger partial charge in [0.2, 0.25) is 0 Å². The Morgan fingerprint density at radius 1 is 1.31 bits per heavy atom. The van der Waals surface area contributed by atoms with Crippen molar-refractivity contribution in [1.82, 2.24) is 10.4 Å². The summed E-state index contributed by atoms with van der Waals surface area (Å²) in [6.07, 6.45) is 0. The number of hydrazine groups is 1. The van der Waals surface area contributed by atoms with E-state index in [0.29, 0.717) is 6.04 Å². The molecule has 1 aromatic rings. The van der Waals surface area contributed by atoms with Gasteiger partial charge < -0.3 is 4.74 Å². The van der Waals surface area contributed by atoms with E-state index in [-0.39, 0.29) is 0 Å². The number of ether oxygens (including phenoxy) is 1. The molecular formula is C13H20N2O. The predicted octanol–water partition coefficient (Wildman–Crippen LogP) is 1.89. The van der Waals surface area contributed by atoms with Crippen LogP contribution in [0.2, 0.25) is 0 Å². The van der Waals surface area contributed by atoms with Crippen LogP contribution < -0.4 is 5.43 Å². The summed E-state index contributed by atoms with van der Waals surface area (Å²) in [5.41, 5.74) is 6.17. The lowest BCUT2D eigenvalue weighted by atomic mass is 10.1. The molecule has 1 N–H and O–H groups in total. The number of aryl methyl sites for hydroxylation is 1. The second-order valence-corrected chi connectivity index (χ2v) is 4.36. The maximum atomic E-state index is 5.32. The normalized spacial score (nSPS) is 19.6. The average Bonchev–Trinajstić information content (AvgIpc) is 2.30. The molecule has 0 saturated carbocycles. The number of hydrogen-bond donors (Lipinski definition) is 1. The summed E-state index contributed by atoms with van der Waals surface area (Å²) in [6, 6.07) is 9.01. The molecule has 1 heterocycles. The summed E-state index contributed by atoms with van der Waals surface area (Å²) >= 11 is 0. The van der Waals surface area contributed by atoms with E-state index in [0.717, 1.165) is 26.3 Å². The van der Waals surface area contributed by atoms with Crippen LogP contribution in [-0.4, -0.2) is 31.3 Å². The summed E-state index contributed by atoms with van der Waals surface area (Å²) < 4.78 is 5.32. The first kappa shape index (κ1) is 11.6. The van der Waals surface area contributed by atoms with Gasteiger partial charge in [0.25, 0.3) is 0 Å². The molecule has 0 spiro atoms. The molecule has 0 aliphatic carbocycles. The van der Waals surface area contributed by atoms with Crippen LogP contribution in [0.4, 0.5) is 0 Å². The Hall–Kier alpha value is -0.900. The number of benzene rings is 1. The number of hydrogen-bond acceptors (Lipinski definition) is 3. The SMILES string of the molecule is Cc1cccc(C(C)NN2CCOCC2)c1. The van der Waals surface area contributed by atoms with Crippen molar-refractivity contribution in [2.24, 2.45) is 0 Å². The van der Waals surface area contributed by atoms with E-state index < -0.39 is 0 Å². The standard InChI is InChI=1S/C13H20N2O/c1-11-4-3-5-13(10-11)12(2)14-15-6-8-16-9-7-15/h3-5,10,12,14H,6-9H2,1-2H3. The van der Waals surface area contributed by atoms with Crippen LogP contribution in [0.15, 0.2) is 24.3 Å². The van der Waals surface area contributed by atoms with Gasteiger partial charge in [-0.3, -0.25) is 0 Å². The van der Waals surface area contributed by atoms with Crippen molar-refractivity contribution in [3.8, 4) is 0 Å². The van der Waals surface area contributed by atoms with E-state index in [1.807, 2.05) is 0 Å². The smallest absolute Gasteiger partial charge is 0.0608 e. The molecule has 1 aliphatic rings. The molecule has 88 valence electrons. The molecule has 3 nitrogen and oxygen atoms in total. The largest absolute Gasteiger partial charge is 0.379 e. The fourth-order valence-corrected chi connectivity index (χ4v) is 1.98. The van der Waals surface area contributed by atoms with Crippen LogP contribution in [0.3, 0.4) is 0 Å². The minimum absolute atomic E-state index is 0.359. The Balaban J connectivity index is 1.94. The van der Waals surface area contributed by atoms with Crippen LogP contribution in [0, 0.1) is 6.92 Å². The Morgan fingerprint density at radius 3 is 2.75 bits per heavy atom. The fraction of sp³-hybridized carbons (Fsp3) is 0.538. The molecule has 0 radical (unpaired) electrons. The maximum absolute atomic E-state index is 5.32. The van der Waals surface area contributed by atoms with Gasteiger partial charge in [-0.1, -0.05) is 29.8 Å². The van der Waals surface area contributed by atoms with Crippen molar-refractivity contribution >= 4 is 0 Å². The third-order valence-corrected chi connectivity index (χ3v) is 2.93. The van der Waals surface area contributed by atoms with Crippen LogP contribution in [-0.2, 0) is 4.74 Å². The lowest BCUT2D eigenvalue weighted by Gasteiger charge is -2.30. The number of morpholine rings is 1. The lowest BCUT2D eigenvalue weighted by Crippen LogP contribution is -2.46. The molecule has 0 bridgehead atoms. The van der Waals surface area contributed by atoms with Crippen LogP contribution in [0.1, 0.15) is 24.1 Å². The van der Waals surface area contributed by atoms with Crippen molar-refractivity contribution in [3.63, 3.8) is 0 Å². The summed E-state index contributed by atoms with van der Waals surface area (Å²) in [5, 5.41) is 2.25. The minimum Gasteiger partial charge on any atom is -0.379 e. The third kappa shape index (κ3) is 3.04. The predicted molar refractivity (Wildman–Crippen MR) is 65.1 cm³/mol. The highest BCUT2D eigenvalue weighted by molar-refractivity contribution is 5.24. The Labute approximate surface area is 97.4 Å². The summed E-state index contributed by atoms with van der Waals surface area (Å²) in [6.45, 7) is 7.92. The molecule has 1 aliphatic heterocycles. The quantitative estimate of drug-likeness (QED) is 0.842. The Morgan fingerprint density at radius 2 is 2.06 bits per heavy atom. The van der Waals surface area contributed by atoms with Crippen molar-refractivity contribution < 1.29 is 4.74 Å². The molecule has 1 aromatic carbocycles. The zero-order valence-electron chi connectivity index (χ0n) is 10.1. The zero-order valence-corrected chi connectivity index (χ0v) is 10.1. The average molecular weight is 220 g/mol. The molecule has 0 aromatic heterocycles. The molecular weight excluding hydrogens is 200 g/mol. The zero-order chi connectivity index (χ0) is 11.4. The third-order valence-electron chi connectivity index (χ3n) is 2.93. The molecule has 16 heavy (non-hydrogen) atoms. The highest BCUT2D eigenvalue weighted by Crippen LogP contribution is 2.14. The first-order chi connectivity index (χ1) is 7.75. The second-order valence-electron chi connectivity index (χ2n) is 4.36. The Bertz CT molecular complexity index is 334. The summed E-state index contributed by atoms with van der Waals surface area (Å²) in [5.74, 6) is 0. The van der Waals surface area contributed by atoms with Gasteiger partial charge >= 0.3 is 0 Å². The first-order valence-corrected chi connectivity index (χ1v) is 5.91. The molecule has 0 amide bonds. The van der Waals surface area contributed by atoms with Crippen molar-refractivity contribution in [1.29, 1.82) is 0 Å². The van der Waals surface area contributed by atoms with Gasteiger partial charge in [-0.05, 0) is 19.4 Å². The molecule has 1 fully saturated rings. The molecule has 1 saturated heterocycles. The molecule has 1 atom stereocenters. The van der Waals surface area contributed by atoms with E-state index in [1.54, 1.807) is 0 Å². The monoisotopic (exact) mass is 220 g/mol. The molecule has 3 heteroatoms. The highest BCUT2D eigenvalue weighted by Gasteiger charge is 2.13. The summed E-state index contributed by atoms with van der Waals surface area (Å²) in [7, 11) is 0. The first-order valence-electron chi connectivity index (χ1n) is 5.91. The van der Waals surface area contributed by atoms with Gasteiger partial charge in [0, 0.05) is 19.1 Å². The lowest BCUT2D eigenvalue weighted by molar-refractivity contribution is 0.00484. The maximum Gasteiger partial charge on any atom is 0.0608 e. The van der Waals surface area contributed by atoms with E-state index in [4.69, 9.17) is 4.74 Å². The van der Waals surface area contributed by atoms with Gasteiger partial charge in [0.1, 0.15) is 0 Å². The van der Waals surface area contributed by atoms with Crippen molar-refractivity contribution in [3.05, 3.63) is 35.4 Å². The fourth-order valence-electron chi connectivity index (χ4n) is 1.98. The van der Waals surface area contributed by atoms with E-state index in [2.05, 4.69) is 48.5 Å². The molecule has 1 unspecified atom stereocenters. The van der Waals surface area contributed by atoms with Crippen LogP contribution >= 0.6 is 0 Å². The number of rotatable bonds is 3. The molecule has 2 rings (SSSR count). The summed E-state index contributed by atoms with van der Waals surface area (Å²) in [4.78, 5) is 0. The van der Waals surface area contributed by atoms with Crippen molar-refractivity contribution in [2.45, 2.75) is 19.9 Å². The van der Waals surface area contributed by atoms with E-state index in [1.165, 1.54) is 11.1 Å². The van der Waals surface area contributed by atoms with Gasteiger partial charge in [0.05, 0.1) is 13.2 Å². The number of nitrogens with one attached hydrogen (secondary N) is 1. The van der Waals surface area contributed by atoms with Gasteiger partial charge in [-0.25, -0.2) is 10.4 Å². The minimum atomic E-state index is 0.359. The van der Waals surface area contributed by atoms with Gasteiger partial charge in [-0.15, -0.1) is 0 Å². The van der Waals surface area contributed by atoms with Crippen LogP contribution in [0.5, 0.6) is 0 Å².